The summed E-state index contributed by atoms with van der Waals surface area (Å²) >= 11 is 8.79. The molecular formula is C18H17ClN2O3S2. The largest absolute Gasteiger partial charge is 0.497 e. The van der Waals surface area contributed by atoms with E-state index in [4.69, 9.17) is 21.1 Å². The lowest BCUT2D eigenvalue weighted by Gasteiger charge is -2.11. The maximum absolute atomic E-state index is 12.6. The van der Waals surface area contributed by atoms with Gasteiger partial charge in [0, 0.05) is 18.2 Å². The Morgan fingerprint density at radius 3 is 2.65 bits per heavy atom. The number of methoxy groups -OCH3 is 2. The number of benzene rings is 1. The van der Waals surface area contributed by atoms with Crippen molar-refractivity contribution >= 4 is 40.2 Å². The average molecular weight is 409 g/mol. The summed E-state index contributed by atoms with van der Waals surface area (Å²) in [6.45, 7) is 2.18. The number of thiophene rings is 1. The highest BCUT2D eigenvalue weighted by atomic mass is 35.5. The van der Waals surface area contributed by atoms with Crippen LogP contribution in [0.4, 0.5) is 0 Å². The van der Waals surface area contributed by atoms with Crippen LogP contribution in [0.15, 0.2) is 30.3 Å². The molecule has 8 heteroatoms. The molecule has 136 valence electrons. The number of halogens is 1. The smallest absolute Gasteiger partial charge is 0.263 e. The van der Waals surface area contributed by atoms with Gasteiger partial charge in [0.15, 0.2) is 0 Å². The Balaban J connectivity index is 1.74. The molecule has 0 aliphatic rings. The summed E-state index contributed by atoms with van der Waals surface area (Å²) in [4.78, 5) is 18.6. The van der Waals surface area contributed by atoms with Crippen molar-refractivity contribution in [1.29, 1.82) is 0 Å². The number of rotatable bonds is 6. The summed E-state index contributed by atoms with van der Waals surface area (Å²) in [5.41, 5.74) is 1.57. The van der Waals surface area contributed by atoms with Crippen LogP contribution in [0, 0.1) is 6.92 Å². The minimum absolute atomic E-state index is 0.160. The minimum Gasteiger partial charge on any atom is -0.497 e. The first kappa shape index (κ1) is 18.7. The molecule has 0 saturated carbocycles. The molecule has 1 aromatic carbocycles. The normalized spacial score (nSPS) is 10.6. The number of hydrogen-bond acceptors (Lipinski definition) is 6. The van der Waals surface area contributed by atoms with Crippen LogP contribution in [0.2, 0.25) is 4.34 Å². The maximum Gasteiger partial charge on any atom is 0.263 e. The van der Waals surface area contributed by atoms with Crippen LogP contribution in [0.25, 0.3) is 9.88 Å². The lowest BCUT2D eigenvalue weighted by atomic mass is 10.2. The molecule has 3 rings (SSSR count). The number of hydrogen-bond donors (Lipinski definition) is 1. The third kappa shape index (κ3) is 4.00. The second-order valence-electron chi connectivity index (χ2n) is 5.40. The summed E-state index contributed by atoms with van der Waals surface area (Å²) < 4.78 is 11.2. The lowest BCUT2D eigenvalue weighted by Crippen LogP contribution is -2.22. The molecule has 0 aliphatic carbocycles. The summed E-state index contributed by atoms with van der Waals surface area (Å²) in [7, 11) is 3.19. The highest BCUT2D eigenvalue weighted by Crippen LogP contribution is 2.35. The van der Waals surface area contributed by atoms with Gasteiger partial charge < -0.3 is 14.8 Å². The number of nitrogens with one attached hydrogen (secondary N) is 1. The molecule has 26 heavy (non-hydrogen) atoms. The van der Waals surface area contributed by atoms with Crippen LogP contribution in [0.3, 0.4) is 0 Å². The quantitative estimate of drug-likeness (QED) is 0.637. The molecule has 0 saturated heterocycles. The Bertz CT molecular complexity index is 936. The van der Waals surface area contributed by atoms with Gasteiger partial charge in [0.25, 0.3) is 5.91 Å². The van der Waals surface area contributed by atoms with Crippen LogP contribution >= 0.6 is 34.3 Å². The van der Waals surface area contributed by atoms with E-state index in [1.807, 2.05) is 31.2 Å². The highest BCUT2D eigenvalue weighted by molar-refractivity contribution is 7.24. The zero-order valence-electron chi connectivity index (χ0n) is 14.5. The SMILES string of the molecule is COc1ccc(CNC(=O)c2sc(-c3ccc(Cl)s3)nc2C)c(OC)c1. The maximum atomic E-state index is 12.6. The second kappa shape index (κ2) is 8.07. The van der Waals surface area contributed by atoms with Gasteiger partial charge in [-0.3, -0.25) is 4.79 Å². The summed E-state index contributed by atoms with van der Waals surface area (Å²) in [5.74, 6) is 1.21. The molecule has 3 aromatic rings. The molecule has 2 heterocycles. The van der Waals surface area contributed by atoms with Crippen molar-refractivity contribution in [2.75, 3.05) is 14.2 Å². The highest BCUT2D eigenvalue weighted by Gasteiger charge is 2.17. The van der Waals surface area contributed by atoms with E-state index in [1.54, 1.807) is 20.3 Å². The monoisotopic (exact) mass is 408 g/mol. The minimum atomic E-state index is -0.160. The van der Waals surface area contributed by atoms with Gasteiger partial charge >= 0.3 is 0 Å². The van der Waals surface area contributed by atoms with Crippen molar-refractivity contribution in [2.24, 2.45) is 0 Å². The van der Waals surface area contributed by atoms with Gasteiger partial charge in [-0.25, -0.2) is 4.98 Å². The zero-order chi connectivity index (χ0) is 18.7. The number of ether oxygens (including phenoxy) is 2. The first-order chi connectivity index (χ1) is 12.5. The number of carbonyl (C=O) groups is 1. The lowest BCUT2D eigenvalue weighted by molar-refractivity contribution is 0.0954. The summed E-state index contributed by atoms with van der Waals surface area (Å²) in [6.07, 6.45) is 0. The molecule has 0 unspecified atom stereocenters. The van der Waals surface area contributed by atoms with Crippen molar-refractivity contribution in [3.05, 3.63) is 50.8 Å². The van der Waals surface area contributed by atoms with Gasteiger partial charge in [0.05, 0.1) is 29.1 Å². The van der Waals surface area contributed by atoms with Gasteiger partial charge in [-0.15, -0.1) is 22.7 Å². The summed E-state index contributed by atoms with van der Waals surface area (Å²) in [5, 5.41) is 3.72. The number of nitrogens with zero attached hydrogens (tertiary/aromatic N) is 1. The van der Waals surface area contributed by atoms with Gasteiger partial charge in [0.2, 0.25) is 0 Å². The second-order valence-corrected chi connectivity index (χ2v) is 8.11. The molecule has 1 amide bonds. The van der Waals surface area contributed by atoms with Crippen molar-refractivity contribution in [3.63, 3.8) is 0 Å². The average Bonchev–Trinajstić information content (AvgIpc) is 3.25. The topological polar surface area (TPSA) is 60.5 Å². The molecule has 5 nitrogen and oxygen atoms in total. The van der Waals surface area contributed by atoms with E-state index in [0.29, 0.717) is 33.0 Å². The molecule has 2 aromatic heterocycles. The Morgan fingerprint density at radius 1 is 1.19 bits per heavy atom. The Labute approximate surface area is 164 Å². The zero-order valence-corrected chi connectivity index (χ0v) is 16.8. The van der Waals surface area contributed by atoms with Crippen LogP contribution in [0.5, 0.6) is 11.5 Å². The number of aromatic nitrogens is 1. The predicted molar refractivity (Wildman–Crippen MR) is 106 cm³/mol. The summed E-state index contributed by atoms with van der Waals surface area (Å²) in [6, 6.07) is 9.23. The molecule has 0 spiro atoms. The van der Waals surface area contributed by atoms with Gasteiger partial charge in [0.1, 0.15) is 21.4 Å². The van der Waals surface area contributed by atoms with Crippen LogP contribution < -0.4 is 14.8 Å². The van der Waals surface area contributed by atoms with E-state index in [1.165, 1.54) is 22.7 Å². The first-order valence-corrected chi connectivity index (χ1v) is 9.75. The molecular weight excluding hydrogens is 392 g/mol. The Morgan fingerprint density at radius 2 is 2.00 bits per heavy atom. The fourth-order valence-corrected chi connectivity index (χ4v) is 4.48. The fourth-order valence-electron chi connectivity index (χ4n) is 2.40. The van der Waals surface area contributed by atoms with E-state index >= 15 is 0 Å². The molecule has 1 N–H and O–H groups in total. The molecule has 0 aliphatic heterocycles. The Hall–Kier alpha value is -2.09. The number of aryl methyl sites for hydroxylation is 1. The van der Waals surface area contributed by atoms with Crippen molar-refractivity contribution in [1.82, 2.24) is 10.3 Å². The van der Waals surface area contributed by atoms with Crippen LogP contribution in [-0.4, -0.2) is 25.1 Å². The van der Waals surface area contributed by atoms with Crippen molar-refractivity contribution in [3.8, 4) is 21.4 Å². The van der Waals surface area contributed by atoms with Crippen LogP contribution in [-0.2, 0) is 6.54 Å². The number of amides is 1. The number of thiazole rings is 1. The van der Waals surface area contributed by atoms with Gasteiger partial charge in [-0.2, -0.15) is 0 Å². The molecule has 0 atom stereocenters. The van der Waals surface area contributed by atoms with Crippen LogP contribution in [0.1, 0.15) is 20.9 Å². The molecule has 0 radical (unpaired) electrons. The van der Waals surface area contributed by atoms with E-state index in [2.05, 4.69) is 10.3 Å². The van der Waals surface area contributed by atoms with E-state index < -0.39 is 0 Å². The first-order valence-electron chi connectivity index (χ1n) is 7.74. The number of carbonyl (C=O) groups excluding carboxylic acids is 1. The van der Waals surface area contributed by atoms with E-state index in [9.17, 15) is 4.79 Å². The predicted octanol–water partition coefficient (Wildman–Crippen LogP) is 4.78. The van der Waals surface area contributed by atoms with Gasteiger partial charge in [-0.05, 0) is 31.2 Å². The molecule has 0 fully saturated rings. The standard InChI is InChI=1S/C18H17ClN2O3S2/c1-10-16(26-18(21-10)14-6-7-15(19)25-14)17(22)20-9-11-4-5-12(23-2)8-13(11)24-3/h4-8H,9H2,1-3H3,(H,20,22). The van der Waals surface area contributed by atoms with Crippen molar-refractivity contribution < 1.29 is 14.3 Å². The fraction of sp³-hybridized carbons (Fsp3) is 0.222. The Kier molecular flexibility index (Phi) is 5.80. The van der Waals surface area contributed by atoms with E-state index in [-0.39, 0.29) is 5.91 Å². The van der Waals surface area contributed by atoms with Gasteiger partial charge in [-0.1, -0.05) is 11.6 Å². The molecule has 0 bridgehead atoms. The van der Waals surface area contributed by atoms with E-state index in [0.717, 1.165) is 15.4 Å². The van der Waals surface area contributed by atoms with Crippen molar-refractivity contribution in [2.45, 2.75) is 13.5 Å². The third-order valence-corrected chi connectivity index (χ3v) is 6.28. The third-order valence-electron chi connectivity index (χ3n) is 3.72.